The molecule has 1 heterocycles. The number of carboxylic acids is 1. The predicted octanol–water partition coefficient (Wildman–Crippen LogP) is 1.23. The molecule has 0 radical (unpaired) electrons. The Hall–Kier alpha value is -3.31. The highest BCUT2D eigenvalue weighted by Crippen LogP contribution is 2.30. The third-order valence-electron chi connectivity index (χ3n) is 7.29. The molecular formula is C27H37N3O8. The summed E-state index contributed by atoms with van der Waals surface area (Å²) in [6, 6.07) is 2.06. The molecule has 1 aromatic rings. The molecule has 0 aromatic heterocycles. The van der Waals surface area contributed by atoms with Crippen LogP contribution in [-0.2, 0) is 19.2 Å². The first kappa shape index (κ1) is 29.2. The fourth-order valence-corrected chi connectivity index (χ4v) is 5.18. The van der Waals surface area contributed by atoms with Crippen LogP contribution < -0.4 is 15.4 Å². The summed E-state index contributed by atoms with van der Waals surface area (Å²) in [7, 11) is 1.37. The summed E-state index contributed by atoms with van der Waals surface area (Å²) in [6.45, 7) is 2.89. The Balaban J connectivity index is 1.78. The van der Waals surface area contributed by atoms with E-state index in [1.165, 1.54) is 32.2 Å². The first-order valence-electron chi connectivity index (χ1n) is 13.0. The monoisotopic (exact) mass is 531 g/mol. The lowest BCUT2D eigenvalue weighted by atomic mass is 9.95. The van der Waals surface area contributed by atoms with E-state index < -0.39 is 48.2 Å². The molecule has 38 heavy (non-hydrogen) atoms. The number of hydrogen-bond acceptors (Lipinski definition) is 8. The summed E-state index contributed by atoms with van der Waals surface area (Å²) in [5.41, 5.74) is 0.360. The van der Waals surface area contributed by atoms with Crippen LogP contribution >= 0.6 is 0 Å². The molecule has 2 aliphatic rings. The highest BCUT2D eigenvalue weighted by atomic mass is 16.5. The first-order chi connectivity index (χ1) is 18.1. The van der Waals surface area contributed by atoms with Crippen molar-refractivity contribution in [1.29, 1.82) is 0 Å². The third-order valence-corrected chi connectivity index (χ3v) is 7.29. The van der Waals surface area contributed by atoms with Crippen LogP contribution in [-0.4, -0.2) is 83.3 Å². The van der Waals surface area contributed by atoms with Gasteiger partial charge in [0, 0.05) is 11.1 Å². The second-order valence-corrected chi connectivity index (χ2v) is 10.1. The summed E-state index contributed by atoms with van der Waals surface area (Å²) < 4.78 is 5.25. The van der Waals surface area contributed by atoms with Crippen LogP contribution in [0.4, 0.5) is 0 Å². The minimum Gasteiger partial charge on any atom is -0.496 e. The number of carbonyl (C=O) groups excluding carboxylic acids is 4. The number of amides is 2. The number of benzene rings is 1. The van der Waals surface area contributed by atoms with E-state index in [2.05, 4.69) is 10.6 Å². The number of ether oxygens (including phenoxy) is 1. The largest absolute Gasteiger partial charge is 0.496 e. The van der Waals surface area contributed by atoms with Crippen LogP contribution in [0, 0.1) is 5.92 Å². The Morgan fingerprint density at radius 1 is 1.03 bits per heavy atom. The normalized spacial score (nSPS) is 18.4. The van der Waals surface area contributed by atoms with Gasteiger partial charge in [-0.25, -0.2) is 0 Å². The molecule has 1 saturated heterocycles. The standard InChI is InChI=1S/C27H37N3O8/c1-16(31)18-9-10-22(38-2)19(13-18)25(35)27(37)29-24(17-7-3-4-8-17)26(36)28-20(14-23(33)34)21(32)15-30-11-5-6-12-30/h9-10,13,17,20,24-25,35H,3-8,11-12,14-15H2,1-2H3,(H,28,36)(H,29,37)(H,33,34). The van der Waals surface area contributed by atoms with Crippen LogP contribution in [0.5, 0.6) is 5.75 Å². The van der Waals surface area contributed by atoms with Gasteiger partial charge in [-0.05, 0) is 69.8 Å². The van der Waals surface area contributed by atoms with Gasteiger partial charge in [0.25, 0.3) is 5.91 Å². The minimum atomic E-state index is -1.73. The van der Waals surface area contributed by atoms with Crippen molar-refractivity contribution in [2.45, 2.75) is 70.1 Å². The first-order valence-corrected chi connectivity index (χ1v) is 13.0. The number of Topliss-reactive ketones (excluding diaryl/α,β-unsaturated/α-hetero) is 2. The molecule has 2 fully saturated rings. The van der Waals surface area contributed by atoms with Crippen LogP contribution in [0.2, 0.25) is 0 Å². The van der Waals surface area contributed by atoms with Gasteiger partial charge in [0.1, 0.15) is 11.8 Å². The topological polar surface area (TPSA) is 162 Å². The van der Waals surface area contributed by atoms with Crippen molar-refractivity contribution in [3.05, 3.63) is 29.3 Å². The van der Waals surface area contributed by atoms with Gasteiger partial charge in [-0.2, -0.15) is 0 Å². The number of nitrogens with zero attached hydrogens (tertiary/aromatic N) is 1. The third kappa shape index (κ3) is 7.61. The van der Waals surface area contributed by atoms with Crippen LogP contribution in [0.3, 0.4) is 0 Å². The highest BCUT2D eigenvalue weighted by molar-refractivity contribution is 5.97. The summed E-state index contributed by atoms with van der Waals surface area (Å²) in [5.74, 6) is -3.45. The molecule has 1 saturated carbocycles. The molecular weight excluding hydrogens is 494 g/mol. The molecule has 1 aromatic carbocycles. The molecule has 11 heteroatoms. The van der Waals surface area contributed by atoms with Crippen molar-refractivity contribution in [3.63, 3.8) is 0 Å². The molecule has 0 bridgehead atoms. The summed E-state index contributed by atoms with van der Waals surface area (Å²) in [4.78, 5) is 64.6. The predicted molar refractivity (Wildman–Crippen MR) is 137 cm³/mol. The van der Waals surface area contributed by atoms with E-state index in [1.54, 1.807) is 0 Å². The molecule has 208 valence electrons. The molecule has 3 unspecified atom stereocenters. The Bertz CT molecular complexity index is 1050. The number of hydrogen-bond donors (Lipinski definition) is 4. The van der Waals surface area contributed by atoms with Crippen molar-refractivity contribution < 1.29 is 38.9 Å². The summed E-state index contributed by atoms with van der Waals surface area (Å²) in [6.07, 6.45) is 2.64. The molecule has 3 atom stereocenters. The lowest BCUT2D eigenvalue weighted by Gasteiger charge is -2.28. The second-order valence-electron chi connectivity index (χ2n) is 10.1. The number of aliphatic hydroxyl groups excluding tert-OH is 1. The fraction of sp³-hybridized carbons (Fsp3) is 0.593. The molecule has 0 spiro atoms. The summed E-state index contributed by atoms with van der Waals surface area (Å²) in [5, 5.41) is 25.4. The quantitative estimate of drug-likeness (QED) is 0.274. The van der Waals surface area contributed by atoms with Crippen LogP contribution in [0.1, 0.15) is 73.9 Å². The van der Waals surface area contributed by atoms with Crippen molar-refractivity contribution in [2.24, 2.45) is 5.92 Å². The van der Waals surface area contributed by atoms with Gasteiger partial charge < -0.3 is 25.6 Å². The van der Waals surface area contributed by atoms with Crippen molar-refractivity contribution >= 4 is 29.4 Å². The Labute approximate surface area is 221 Å². The van der Waals surface area contributed by atoms with Gasteiger partial charge in [-0.15, -0.1) is 0 Å². The zero-order valence-corrected chi connectivity index (χ0v) is 21.9. The van der Waals surface area contributed by atoms with Gasteiger partial charge in [0.15, 0.2) is 17.7 Å². The number of aliphatic carboxylic acids is 1. The van der Waals surface area contributed by atoms with E-state index in [-0.39, 0.29) is 35.1 Å². The smallest absolute Gasteiger partial charge is 0.305 e. The number of likely N-dealkylation sites (tertiary alicyclic amines) is 1. The van der Waals surface area contributed by atoms with Crippen molar-refractivity contribution in [2.75, 3.05) is 26.7 Å². The van der Waals surface area contributed by atoms with E-state index in [0.717, 1.165) is 38.8 Å². The van der Waals surface area contributed by atoms with Gasteiger partial charge in [0.05, 0.1) is 26.1 Å². The summed E-state index contributed by atoms with van der Waals surface area (Å²) >= 11 is 0. The average molecular weight is 532 g/mol. The van der Waals surface area contributed by atoms with Crippen molar-refractivity contribution in [3.8, 4) is 5.75 Å². The Morgan fingerprint density at radius 2 is 1.68 bits per heavy atom. The molecule has 1 aliphatic carbocycles. The lowest BCUT2D eigenvalue weighted by molar-refractivity contribution is -0.141. The van der Waals surface area contributed by atoms with Gasteiger partial charge in [-0.3, -0.25) is 28.9 Å². The highest BCUT2D eigenvalue weighted by Gasteiger charge is 2.36. The zero-order valence-electron chi connectivity index (χ0n) is 21.9. The van der Waals surface area contributed by atoms with Gasteiger partial charge in [-0.1, -0.05) is 12.8 Å². The molecule has 1 aliphatic heterocycles. The molecule has 11 nitrogen and oxygen atoms in total. The van der Waals surface area contributed by atoms with Crippen LogP contribution in [0.25, 0.3) is 0 Å². The lowest BCUT2D eigenvalue weighted by Crippen LogP contribution is -2.56. The second kappa shape index (κ2) is 13.5. The van der Waals surface area contributed by atoms with E-state index >= 15 is 0 Å². The maximum atomic E-state index is 13.4. The van der Waals surface area contributed by atoms with Gasteiger partial charge >= 0.3 is 5.97 Å². The van der Waals surface area contributed by atoms with Crippen LogP contribution in [0.15, 0.2) is 18.2 Å². The van der Waals surface area contributed by atoms with E-state index in [9.17, 15) is 34.2 Å². The molecule has 2 amide bonds. The number of aliphatic hydroxyl groups is 1. The Morgan fingerprint density at radius 3 is 2.26 bits per heavy atom. The van der Waals surface area contributed by atoms with Gasteiger partial charge in [0.2, 0.25) is 5.91 Å². The molecule has 3 rings (SSSR count). The van der Waals surface area contributed by atoms with E-state index in [4.69, 9.17) is 4.74 Å². The number of carboxylic acid groups (broad SMARTS) is 1. The van der Waals surface area contributed by atoms with E-state index in [1.807, 2.05) is 4.90 Å². The number of methoxy groups -OCH3 is 1. The number of nitrogens with one attached hydrogen (secondary N) is 2. The zero-order chi connectivity index (χ0) is 27.8. The number of carbonyl (C=O) groups is 5. The van der Waals surface area contributed by atoms with Crippen molar-refractivity contribution in [1.82, 2.24) is 15.5 Å². The maximum absolute atomic E-state index is 13.4. The Kier molecular flexibility index (Phi) is 10.4. The number of ketones is 2. The SMILES string of the molecule is COc1ccc(C(C)=O)cc1C(O)C(=O)NC(C(=O)NC(CC(=O)O)C(=O)CN1CCCC1)C1CCCC1. The molecule has 4 N–H and O–H groups in total. The fourth-order valence-electron chi connectivity index (χ4n) is 5.18. The minimum absolute atomic E-state index is 0.0453. The van der Waals surface area contributed by atoms with E-state index in [0.29, 0.717) is 12.8 Å². The number of rotatable bonds is 13. The average Bonchev–Trinajstić information content (AvgIpc) is 3.60. The maximum Gasteiger partial charge on any atom is 0.305 e.